The molecule has 1 saturated carbocycles. The lowest BCUT2D eigenvalue weighted by molar-refractivity contribution is -0.117. The molecule has 0 unspecified atom stereocenters. The first kappa shape index (κ1) is 18.6. The molecule has 1 saturated heterocycles. The Morgan fingerprint density at radius 2 is 1.97 bits per heavy atom. The number of H-pyrrole nitrogens is 1. The molecule has 0 bridgehead atoms. The summed E-state index contributed by atoms with van der Waals surface area (Å²) in [7, 11) is 0. The first-order valence-corrected chi connectivity index (χ1v) is 10.5. The van der Waals surface area contributed by atoms with Crippen LogP contribution in [0.25, 0.3) is 17.1 Å². The number of carbonyl (C=O) groups excluding carboxylic acids is 2. The number of hydrogen-bond donors (Lipinski definition) is 2. The fourth-order valence-corrected chi connectivity index (χ4v) is 4.02. The molecular formula is C24H24N4O2. The fraction of sp³-hybridized carbons (Fsp3) is 0.292. The summed E-state index contributed by atoms with van der Waals surface area (Å²) in [5, 5.41) is 2.91. The van der Waals surface area contributed by atoms with Crippen molar-refractivity contribution in [2.75, 3.05) is 16.8 Å². The number of imidazole rings is 1. The van der Waals surface area contributed by atoms with Crippen LogP contribution in [0.4, 0.5) is 11.4 Å². The number of amides is 2. The zero-order valence-corrected chi connectivity index (χ0v) is 16.7. The van der Waals surface area contributed by atoms with Crippen molar-refractivity contribution < 1.29 is 9.59 Å². The summed E-state index contributed by atoms with van der Waals surface area (Å²) in [5.74, 6) is 1.59. The van der Waals surface area contributed by atoms with E-state index in [-0.39, 0.29) is 11.8 Å². The smallest absolute Gasteiger partial charge is 0.248 e. The maximum absolute atomic E-state index is 12.3. The largest absolute Gasteiger partial charge is 0.342 e. The van der Waals surface area contributed by atoms with Crippen molar-refractivity contribution in [1.82, 2.24) is 9.97 Å². The molecule has 3 aromatic rings. The molecule has 2 amide bonds. The summed E-state index contributed by atoms with van der Waals surface area (Å²) in [6.45, 7) is 0.777. The number of nitrogens with one attached hydrogen (secondary N) is 2. The van der Waals surface area contributed by atoms with Crippen LogP contribution in [0.5, 0.6) is 0 Å². The van der Waals surface area contributed by atoms with E-state index < -0.39 is 0 Å². The van der Waals surface area contributed by atoms with Crippen LogP contribution in [0.1, 0.15) is 49.4 Å². The normalized spacial score (nSPS) is 17.1. The van der Waals surface area contributed by atoms with Gasteiger partial charge in [-0.3, -0.25) is 9.59 Å². The SMILES string of the molecule is O=C(/C=C\c1ccc(N2CCCC2=O)cc1)Nc1ccc2nc(C3CCC3)[nH]c2c1. The Balaban J connectivity index is 1.23. The molecular weight excluding hydrogens is 376 g/mol. The van der Waals surface area contributed by atoms with Gasteiger partial charge in [-0.15, -0.1) is 0 Å². The Hall–Kier alpha value is -3.41. The number of anilines is 2. The second kappa shape index (κ2) is 7.78. The van der Waals surface area contributed by atoms with Crippen LogP contribution in [0, 0.1) is 0 Å². The molecule has 30 heavy (non-hydrogen) atoms. The van der Waals surface area contributed by atoms with Crippen LogP contribution in [-0.4, -0.2) is 28.3 Å². The average Bonchev–Trinajstić information content (AvgIpc) is 3.31. The van der Waals surface area contributed by atoms with Crippen LogP contribution < -0.4 is 10.2 Å². The highest BCUT2D eigenvalue weighted by molar-refractivity contribution is 6.02. The van der Waals surface area contributed by atoms with Crippen LogP contribution >= 0.6 is 0 Å². The number of aromatic nitrogens is 2. The van der Waals surface area contributed by atoms with Gasteiger partial charge in [0.2, 0.25) is 11.8 Å². The monoisotopic (exact) mass is 400 g/mol. The van der Waals surface area contributed by atoms with E-state index in [2.05, 4.69) is 15.3 Å². The maximum atomic E-state index is 12.3. The van der Waals surface area contributed by atoms with E-state index in [1.54, 1.807) is 6.08 Å². The molecule has 1 aliphatic heterocycles. The Labute approximate surface area is 175 Å². The van der Waals surface area contributed by atoms with Crippen LogP contribution in [0.2, 0.25) is 0 Å². The molecule has 6 heteroatoms. The van der Waals surface area contributed by atoms with Gasteiger partial charge in [-0.1, -0.05) is 18.6 Å². The van der Waals surface area contributed by atoms with E-state index in [9.17, 15) is 9.59 Å². The van der Waals surface area contributed by atoms with E-state index in [4.69, 9.17) is 0 Å². The molecule has 2 fully saturated rings. The summed E-state index contributed by atoms with van der Waals surface area (Å²) in [4.78, 5) is 34.0. The van der Waals surface area contributed by atoms with Gasteiger partial charge < -0.3 is 15.2 Å². The lowest BCUT2D eigenvalue weighted by Crippen LogP contribution is -2.23. The predicted molar refractivity (Wildman–Crippen MR) is 118 cm³/mol. The Morgan fingerprint density at radius 1 is 1.13 bits per heavy atom. The molecule has 0 spiro atoms. The minimum atomic E-state index is -0.188. The standard InChI is InChI=1S/C24H24N4O2/c29-22(13-8-16-6-10-19(11-7-16)28-14-2-5-23(28)30)25-18-9-12-20-21(15-18)27-24(26-20)17-3-1-4-17/h6-13,15,17H,1-5,14H2,(H,25,29)(H,26,27)/b13-8-. The van der Waals surface area contributed by atoms with Gasteiger partial charge in [0.25, 0.3) is 0 Å². The number of aromatic amines is 1. The van der Waals surface area contributed by atoms with Crippen molar-refractivity contribution in [2.45, 2.75) is 38.0 Å². The van der Waals surface area contributed by atoms with Crippen molar-refractivity contribution in [3.63, 3.8) is 0 Å². The quantitative estimate of drug-likeness (QED) is 0.614. The minimum Gasteiger partial charge on any atom is -0.342 e. The van der Waals surface area contributed by atoms with E-state index in [0.717, 1.165) is 46.8 Å². The molecule has 5 rings (SSSR count). The summed E-state index contributed by atoms with van der Waals surface area (Å²) in [5.41, 5.74) is 4.44. The molecule has 2 heterocycles. The third-order valence-electron chi connectivity index (χ3n) is 5.96. The molecule has 6 nitrogen and oxygen atoms in total. The van der Waals surface area contributed by atoms with E-state index in [1.165, 1.54) is 25.3 Å². The average molecular weight is 400 g/mol. The van der Waals surface area contributed by atoms with Crippen molar-refractivity contribution in [2.24, 2.45) is 0 Å². The number of fused-ring (bicyclic) bond motifs is 1. The molecule has 2 aliphatic rings. The third kappa shape index (κ3) is 3.73. The number of benzene rings is 2. The first-order chi connectivity index (χ1) is 14.7. The van der Waals surface area contributed by atoms with E-state index >= 15 is 0 Å². The zero-order chi connectivity index (χ0) is 20.5. The Kier molecular flexibility index (Phi) is 4.83. The van der Waals surface area contributed by atoms with Crippen LogP contribution in [0.15, 0.2) is 48.5 Å². The van der Waals surface area contributed by atoms with Crippen LogP contribution in [0.3, 0.4) is 0 Å². The van der Waals surface area contributed by atoms with Gasteiger partial charge in [-0.05, 0) is 61.2 Å². The number of rotatable bonds is 5. The van der Waals surface area contributed by atoms with Gasteiger partial charge in [-0.25, -0.2) is 4.98 Å². The first-order valence-electron chi connectivity index (χ1n) is 10.5. The van der Waals surface area contributed by atoms with Gasteiger partial charge in [-0.2, -0.15) is 0 Å². The van der Waals surface area contributed by atoms with Gasteiger partial charge in [0.15, 0.2) is 0 Å². The minimum absolute atomic E-state index is 0.173. The number of nitrogens with zero attached hydrogens (tertiary/aromatic N) is 2. The molecule has 152 valence electrons. The van der Waals surface area contributed by atoms with E-state index in [1.807, 2.05) is 47.4 Å². The van der Waals surface area contributed by atoms with Gasteiger partial charge >= 0.3 is 0 Å². The van der Waals surface area contributed by atoms with Gasteiger partial charge in [0.05, 0.1) is 11.0 Å². The summed E-state index contributed by atoms with van der Waals surface area (Å²) in [6.07, 6.45) is 8.49. The summed E-state index contributed by atoms with van der Waals surface area (Å²) >= 11 is 0. The third-order valence-corrected chi connectivity index (χ3v) is 5.96. The fourth-order valence-electron chi connectivity index (χ4n) is 4.02. The van der Waals surface area contributed by atoms with Crippen LogP contribution in [-0.2, 0) is 9.59 Å². The highest BCUT2D eigenvalue weighted by Gasteiger charge is 2.23. The molecule has 2 N–H and O–H groups in total. The summed E-state index contributed by atoms with van der Waals surface area (Å²) < 4.78 is 0. The molecule has 0 atom stereocenters. The molecule has 1 aliphatic carbocycles. The Morgan fingerprint density at radius 3 is 2.67 bits per heavy atom. The lowest BCUT2D eigenvalue weighted by Gasteiger charge is -2.22. The Bertz CT molecular complexity index is 1130. The molecule has 2 aromatic carbocycles. The molecule has 0 radical (unpaired) electrons. The number of carbonyl (C=O) groups is 2. The van der Waals surface area contributed by atoms with Gasteiger partial charge in [0, 0.05) is 36.3 Å². The van der Waals surface area contributed by atoms with E-state index in [0.29, 0.717) is 12.3 Å². The molecule has 1 aromatic heterocycles. The highest BCUT2D eigenvalue weighted by atomic mass is 16.2. The van der Waals surface area contributed by atoms with Gasteiger partial charge in [0.1, 0.15) is 5.82 Å². The highest BCUT2D eigenvalue weighted by Crippen LogP contribution is 2.35. The lowest BCUT2D eigenvalue weighted by atomic mass is 9.85. The number of hydrogen-bond acceptors (Lipinski definition) is 3. The maximum Gasteiger partial charge on any atom is 0.248 e. The second-order valence-corrected chi connectivity index (χ2v) is 8.04. The zero-order valence-electron chi connectivity index (χ0n) is 16.7. The predicted octanol–water partition coefficient (Wildman–Crippen LogP) is 4.61. The summed E-state index contributed by atoms with van der Waals surface area (Å²) in [6, 6.07) is 13.4. The van der Waals surface area contributed by atoms with Crippen molar-refractivity contribution in [1.29, 1.82) is 0 Å². The second-order valence-electron chi connectivity index (χ2n) is 8.04. The van der Waals surface area contributed by atoms with Crippen molar-refractivity contribution in [3.8, 4) is 0 Å². The topological polar surface area (TPSA) is 78.1 Å². The van der Waals surface area contributed by atoms with Crippen molar-refractivity contribution >= 4 is 40.3 Å². The van der Waals surface area contributed by atoms with Crippen molar-refractivity contribution in [3.05, 3.63) is 59.9 Å².